The maximum Gasteiger partial charge on any atom is 0.251 e. The molecule has 0 unspecified atom stereocenters. The summed E-state index contributed by atoms with van der Waals surface area (Å²) in [4.78, 5) is 24.1. The van der Waals surface area contributed by atoms with Crippen molar-refractivity contribution in [3.63, 3.8) is 0 Å². The summed E-state index contributed by atoms with van der Waals surface area (Å²) in [5, 5.41) is 5.49. The molecule has 2 aromatic rings. The highest BCUT2D eigenvalue weighted by molar-refractivity contribution is 6.03. The van der Waals surface area contributed by atoms with Gasteiger partial charge in [-0.05, 0) is 54.8 Å². The Morgan fingerprint density at radius 3 is 2.59 bits per heavy atom. The van der Waals surface area contributed by atoms with Crippen LogP contribution in [0.15, 0.2) is 48.5 Å². The summed E-state index contributed by atoms with van der Waals surface area (Å²) in [6.07, 6.45) is 3.12. The lowest BCUT2D eigenvalue weighted by Gasteiger charge is -2.12. The lowest BCUT2D eigenvalue weighted by atomic mass is 10.1. The van der Waals surface area contributed by atoms with Gasteiger partial charge in [0.2, 0.25) is 5.91 Å². The number of carbonyl (C=O) groups excluding carboxylic acids is 2. The first kappa shape index (κ1) is 22.0. The molecule has 0 atom stereocenters. The molecular formula is C23H28N2O4. The van der Waals surface area contributed by atoms with Crippen molar-refractivity contribution in [3.8, 4) is 11.5 Å². The van der Waals surface area contributed by atoms with E-state index in [4.69, 9.17) is 9.47 Å². The van der Waals surface area contributed by atoms with Gasteiger partial charge in [0.25, 0.3) is 5.91 Å². The molecule has 0 saturated carbocycles. The van der Waals surface area contributed by atoms with Crippen molar-refractivity contribution in [1.29, 1.82) is 0 Å². The van der Waals surface area contributed by atoms with Crippen LogP contribution in [0.2, 0.25) is 0 Å². The number of anilines is 1. The van der Waals surface area contributed by atoms with Crippen molar-refractivity contribution < 1.29 is 19.1 Å². The van der Waals surface area contributed by atoms with E-state index in [1.54, 1.807) is 37.5 Å². The Balaban J connectivity index is 2.03. The number of amides is 2. The summed E-state index contributed by atoms with van der Waals surface area (Å²) in [7, 11) is 1.58. The number of carbonyl (C=O) groups is 2. The van der Waals surface area contributed by atoms with Crippen molar-refractivity contribution in [3.05, 3.63) is 59.7 Å². The molecule has 2 aromatic carbocycles. The van der Waals surface area contributed by atoms with Crippen molar-refractivity contribution >= 4 is 23.6 Å². The van der Waals surface area contributed by atoms with Crippen LogP contribution >= 0.6 is 0 Å². The number of ether oxygens (including phenoxy) is 2. The van der Waals surface area contributed by atoms with Gasteiger partial charge in [-0.15, -0.1) is 0 Å². The summed E-state index contributed by atoms with van der Waals surface area (Å²) in [5.41, 5.74) is 1.86. The largest absolute Gasteiger partial charge is 0.493 e. The SMILES string of the molecule is CCNC(=O)c1cccc(NC(=O)/C=C/c2ccc(OCC(C)C)c(OC)c2)c1. The molecule has 0 aromatic heterocycles. The Bertz CT molecular complexity index is 875. The standard InChI is InChI=1S/C23H28N2O4/c1-5-24-23(27)18-7-6-8-19(14-18)25-22(26)12-10-17-9-11-20(21(13-17)28-4)29-15-16(2)3/h6-14,16H,5,15H2,1-4H3,(H,24,27)(H,25,26)/b12-10+. The van der Waals surface area contributed by atoms with Crippen molar-refractivity contribution in [2.24, 2.45) is 5.92 Å². The van der Waals surface area contributed by atoms with E-state index >= 15 is 0 Å². The minimum absolute atomic E-state index is 0.175. The molecule has 2 amide bonds. The third-order valence-corrected chi connectivity index (χ3v) is 3.92. The summed E-state index contributed by atoms with van der Waals surface area (Å²) < 4.78 is 11.1. The Labute approximate surface area is 171 Å². The van der Waals surface area contributed by atoms with E-state index in [0.717, 1.165) is 5.56 Å². The van der Waals surface area contributed by atoms with Crippen LogP contribution in [-0.2, 0) is 4.79 Å². The molecule has 0 aliphatic carbocycles. The van der Waals surface area contributed by atoms with E-state index in [0.29, 0.717) is 41.8 Å². The van der Waals surface area contributed by atoms with Gasteiger partial charge >= 0.3 is 0 Å². The van der Waals surface area contributed by atoms with E-state index in [1.165, 1.54) is 6.08 Å². The highest BCUT2D eigenvalue weighted by atomic mass is 16.5. The van der Waals surface area contributed by atoms with Gasteiger partial charge in [-0.1, -0.05) is 26.0 Å². The van der Waals surface area contributed by atoms with E-state index < -0.39 is 0 Å². The second-order valence-electron chi connectivity index (χ2n) is 6.88. The maximum atomic E-state index is 12.2. The topological polar surface area (TPSA) is 76.7 Å². The lowest BCUT2D eigenvalue weighted by molar-refractivity contribution is -0.111. The van der Waals surface area contributed by atoms with Gasteiger partial charge in [0.1, 0.15) is 0 Å². The predicted octanol–water partition coefficient (Wildman–Crippen LogP) is 4.13. The molecule has 2 N–H and O–H groups in total. The molecular weight excluding hydrogens is 368 g/mol. The predicted molar refractivity (Wildman–Crippen MR) is 115 cm³/mol. The minimum Gasteiger partial charge on any atom is -0.493 e. The fraction of sp³-hybridized carbons (Fsp3) is 0.304. The highest BCUT2D eigenvalue weighted by Gasteiger charge is 2.07. The second kappa shape index (κ2) is 10.9. The zero-order valence-corrected chi connectivity index (χ0v) is 17.3. The Morgan fingerprint density at radius 1 is 1.10 bits per heavy atom. The molecule has 6 nitrogen and oxygen atoms in total. The number of hydrogen-bond acceptors (Lipinski definition) is 4. The van der Waals surface area contributed by atoms with Gasteiger partial charge in [0.05, 0.1) is 13.7 Å². The number of hydrogen-bond donors (Lipinski definition) is 2. The molecule has 2 rings (SSSR count). The molecule has 154 valence electrons. The third kappa shape index (κ3) is 6.99. The van der Waals surface area contributed by atoms with Crippen LogP contribution in [0.5, 0.6) is 11.5 Å². The van der Waals surface area contributed by atoms with Crippen LogP contribution in [0, 0.1) is 5.92 Å². The number of nitrogens with one attached hydrogen (secondary N) is 2. The van der Waals surface area contributed by atoms with Gasteiger partial charge < -0.3 is 20.1 Å². The van der Waals surface area contributed by atoms with E-state index in [9.17, 15) is 9.59 Å². The van der Waals surface area contributed by atoms with Crippen LogP contribution in [-0.4, -0.2) is 32.1 Å². The molecule has 0 heterocycles. The zero-order valence-electron chi connectivity index (χ0n) is 17.3. The first-order valence-electron chi connectivity index (χ1n) is 9.61. The van der Waals surface area contributed by atoms with Crippen LogP contribution in [0.1, 0.15) is 36.7 Å². The molecule has 0 spiro atoms. The monoisotopic (exact) mass is 396 g/mol. The second-order valence-corrected chi connectivity index (χ2v) is 6.88. The first-order valence-corrected chi connectivity index (χ1v) is 9.61. The molecule has 6 heteroatoms. The van der Waals surface area contributed by atoms with Crippen LogP contribution < -0.4 is 20.1 Å². The molecule has 0 saturated heterocycles. The quantitative estimate of drug-likeness (QED) is 0.625. The van der Waals surface area contributed by atoms with Gasteiger partial charge in [0.15, 0.2) is 11.5 Å². The Kier molecular flexibility index (Phi) is 8.27. The third-order valence-electron chi connectivity index (χ3n) is 3.92. The summed E-state index contributed by atoms with van der Waals surface area (Å²) in [6, 6.07) is 12.3. The molecule has 0 aliphatic heterocycles. The van der Waals surface area contributed by atoms with Crippen LogP contribution in [0.4, 0.5) is 5.69 Å². The van der Waals surface area contributed by atoms with Gasteiger partial charge in [-0.2, -0.15) is 0 Å². The normalized spacial score (nSPS) is 10.8. The Morgan fingerprint density at radius 2 is 1.90 bits per heavy atom. The molecule has 0 radical (unpaired) electrons. The number of rotatable bonds is 9. The highest BCUT2D eigenvalue weighted by Crippen LogP contribution is 2.29. The molecule has 0 aliphatic rings. The van der Waals surface area contributed by atoms with Gasteiger partial charge in [-0.3, -0.25) is 9.59 Å². The molecule has 0 bridgehead atoms. The maximum absolute atomic E-state index is 12.2. The van der Waals surface area contributed by atoms with E-state index in [2.05, 4.69) is 24.5 Å². The van der Waals surface area contributed by atoms with Crippen molar-refractivity contribution in [2.75, 3.05) is 25.6 Å². The lowest BCUT2D eigenvalue weighted by Crippen LogP contribution is -2.22. The molecule has 29 heavy (non-hydrogen) atoms. The van der Waals surface area contributed by atoms with E-state index in [-0.39, 0.29) is 11.8 Å². The summed E-state index contributed by atoms with van der Waals surface area (Å²) >= 11 is 0. The fourth-order valence-corrected chi connectivity index (χ4v) is 2.52. The average molecular weight is 396 g/mol. The minimum atomic E-state index is -0.294. The van der Waals surface area contributed by atoms with Crippen molar-refractivity contribution in [1.82, 2.24) is 5.32 Å². The fourth-order valence-electron chi connectivity index (χ4n) is 2.52. The number of benzene rings is 2. The summed E-state index contributed by atoms with van der Waals surface area (Å²) in [6.45, 7) is 7.15. The average Bonchev–Trinajstić information content (AvgIpc) is 2.71. The van der Waals surface area contributed by atoms with Gasteiger partial charge in [-0.25, -0.2) is 0 Å². The summed E-state index contributed by atoms with van der Waals surface area (Å²) in [5.74, 6) is 1.23. The molecule has 0 fully saturated rings. The zero-order chi connectivity index (χ0) is 21.2. The first-order chi connectivity index (χ1) is 13.9. The smallest absolute Gasteiger partial charge is 0.251 e. The van der Waals surface area contributed by atoms with Crippen LogP contribution in [0.25, 0.3) is 6.08 Å². The Hall–Kier alpha value is -3.28. The number of methoxy groups -OCH3 is 1. The van der Waals surface area contributed by atoms with Crippen molar-refractivity contribution in [2.45, 2.75) is 20.8 Å². The van der Waals surface area contributed by atoms with Crippen LogP contribution in [0.3, 0.4) is 0 Å². The van der Waals surface area contributed by atoms with E-state index in [1.807, 2.05) is 25.1 Å². The van der Waals surface area contributed by atoms with Gasteiger partial charge in [0, 0.05) is 23.9 Å².